The summed E-state index contributed by atoms with van der Waals surface area (Å²) in [6, 6.07) is 3.34. The van der Waals surface area contributed by atoms with E-state index in [0.717, 1.165) is 4.90 Å². The Bertz CT molecular complexity index is 396. The molecule has 18 heavy (non-hydrogen) atoms. The van der Waals surface area contributed by atoms with Crippen LogP contribution >= 0.6 is 0 Å². The van der Waals surface area contributed by atoms with Crippen molar-refractivity contribution >= 4 is 5.82 Å². The van der Waals surface area contributed by atoms with Crippen LogP contribution in [0.25, 0.3) is 0 Å². The summed E-state index contributed by atoms with van der Waals surface area (Å²) in [6.45, 7) is 0.118. The number of aliphatic hydroxyl groups excluding tert-OH is 1. The number of hydrogen-bond donors (Lipinski definition) is 2. The first-order valence-electron chi connectivity index (χ1n) is 5.46. The van der Waals surface area contributed by atoms with Crippen LogP contribution in [0, 0.1) is 6.92 Å². The fourth-order valence-electron chi connectivity index (χ4n) is 1.60. The average molecular weight is 263 g/mol. The number of alkyl halides is 3. The second-order valence-electron chi connectivity index (χ2n) is 3.90. The lowest BCUT2D eigenvalue weighted by molar-refractivity contribution is -0.120. The smallest absolute Gasteiger partial charge is 0.395 e. The zero-order chi connectivity index (χ0) is 13.8. The average Bonchev–Trinajstić information content (AvgIpc) is 2.26. The number of nitrogens with zero attached hydrogens (tertiary/aromatic N) is 2. The molecular weight excluding hydrogens is 247 g/mol. The van der Waals surface area contributed by atoms with Gasteiger partial charge in [-0.3, -0.25) is 0 Å². The Balaban J connectivity index is 3.07. The number of anilines is 1. The summed E-state index contributed by atoms with van der Waals surface area (Å²) in [5.74, 6) is 0.184. The summed E-state index contributed by atoms with van der Waals surface area (Å²) in [4.78, 5) is 5.08. The molecule has 0 aromatic carbocycles. The van der Waals surface area contributed by atoms with Crippen LogP contribution in [-0.2, 0) is 6.54 Å². The first-order valence-corrected chi connectivity index (χ1v) is 5.46. The Kier molecular flexibility index (Phi) is 4.92. The fraction of sp³-hybridized carbons (Fsp3) is 0.545. The zero-order valence-electron chi connectivity index (χ0n) is 10.0. The highest BCUT2D eigenvalue weighted by Gasteiger charge is 2.31. The van der Waals surface area contributed by atoms with Gasteiger partial charge in [-0.25, -0.2) is 4.98 Å². The Morgan fingerprint density at radius 3 is 2.56 bits per heavy atom. The number of nitrogens with two attached hydrogens (primary N) is 1. The molecule has 0 saturated carbocycles. The summed E-state index contributed by atoms with van der Waals surface area (Å²) in [6.07, 6.45) is -4.35. The van der Waals surface area contributed by atoms with Crippen molar-refractivity contribution in [3.63, 3.8) is 0 Å². The third kappa shape index (κ3) is 4.15. The molecule has 0 aliphatic heterocycles. The predicted octanol–water partition coefficient (Wildman–Crippen LogP) is 1.21. The molecule has 4 nitrogen and oxygen atoms in total. The van der Waals surface area contributed by atoms with Gasteiger partial charge in [0.25, 0.3) is 0 Å². The fourth-order valence-corrected chi connectivity index (χ4v) is 1.60. The molecule has 1 aromatic rings. The Labute approximate surface area is 103 Å². The maximum absolute atomic E-state index is 12.5. The SMILES string of the molecule is Cc1ccc(CN)c(N(CCO)CC(F)(F)F)n1. The molecule has 0 atom stereocenters. The summed E-state index contributed by atoms with van der Waals surface area (Å²) in [7, 11) is 0. The minimum Gasteiger partial charge on any atom is -0.395 e. The molecule has 0 amide bonds. The number of halogens is 3. The topological polar surface area (TPSA) is 62.4 Å². The lowest BCUT2D eigenvalue weighted by atomic mass is 10.2. The zero-order valence-corrected chi connectivity index (χ0v) is 10.0. The molecule has 0 aliphatic rings. The summed E-state index contributed by atoms with van der Waals surface area (Å²) >= 11 is 0. The van der Waals surface area contributed by atoms with Crippen LogP contribution in [0.4, 0.5) is 19.0 Å². The Hall–Kier alpha value is -1.34. The van der Waals surface area contributed by atoms with Gasteiger partial charge in [0.1, 0.15) is 12.4 Å². The molecule has 0 spiro atoms. The summed E-state index contributed by atoms with van der Waals surface area (Å²) < 4.78 is 37.4. The molecule has 1 rings (SSSR count). The van der Waals surface area contributed by atoms with E-state index in [2.05, 4.69) is 4.98 Å². The van der Waals surface area contributed by atoms with Gasteiger partial charge in [-0.15, -0.1) is 0 Å². The minimum atomic E-state index is -4.35. The van der Waals surface area contributed by atoms with Gasteiger partial charge in [0.05, 0.1) is 6.61 Å². The van der Waals surface area contributed by atoms with Crippen molar-refractivity contribution in [2.75, 3.05) is 24.6 Å². The van der Waals surface area contributed by atoms with Crippen LogP contribution in [0.1, 0.15) is 11.3 Å². The van der Waals surface area contributed by atoms with Gasteiger partial charge >= 0.3 is 6.18 Å². The molecule has 0 aliphatic carbocycles. The van der Waals surface area contributed by atoms with Gasteiger partial charge in [-0.2, -0.15) is 13.2 Å². The predicted molar refractivity (Wildman–Crippen MR) is 62.2 cm³/mol. The number of aliphatic hydroxyl groups is 1. The molecule has 0 saturated heterocycles. The van der Waals surface area contributed by atoms with E-state index in [1.165, 1.54) is 0 Å². The van der Waals surface area contributed by atoms with Crippen LogP contribution in [0.15, 0.2) is 12.1 Å². The van der Waals surface area contributed by atoms with E-state index in [0.29, 0.717) is 11.3 Å². The molecule has 0 radical (unpaired) electrons. The maximum atomic E-state index is 12.5. The maximum Gasteiger partial charge on any atom is 0.405 e. The number of pyridine rings is 1. The lowest BCUT2D eigenvalue weighted by Crippen LogP contribution is -2.37. The number of aryl methyl sites for hydroxylation is 1. The minimum absolute atomic E-state index is 0.0996. The first-order chi connectivity index (χ1) is 8.37. The molecule has 0 bridgehead atoms. The number of rotatable bonds is 5. The second-order valence-corrected chi connectivity index (χ2v) is 3.90. The van der Waals surface area contributed by atoms with E-state index in [9.17, 15) is 13.2 Å². The van der Waals surface area contributed by atoms with Crippen molar-refractivity contribution in [2.24, 2.45) is 5.73 Å². The Morgan fingerprint density at radius 1 is 1.39 bits per heavy atom. The van der Waals surface area contributed by atoms with Gasteiger partial charge in [0.2, 0.25) is 0 Å². The Morgan fingerprint density at radius 2 is 2.06 bits per heavy atom. The molecule has 1 aromatic heterocycles. The normalized spacial score (nSPS) is 11.7. The van der Waals surface area contributed by atoms with E-state index in [1.807, 2.05) is 0 Å². The van der Waals surface area contributed by atoms with Crippen LogP contribution in [0.5, 0.6) is 0 Å². The van der Waals surface area contributed by atoms with Gasteiger partial charge in [-0.1, -0.05) is 6.07 Å². The molecule has 7 heteroatoms. The van der Waals surface area contributed by atoms with Crippen molar-refractivity contribution in [3.05, 3.63) is 23.4 Å². The van der Waals surface area contributed by atoms with Crippen LogP contribution in [0.2, 0.25) is 0 Å². The van der Waals surface area contributed by atoms with Gasteiger partial charge in [0.15, 0.2) is 0 Å². The molecule has 0 fully saturated rings. The molecule has 102 valence electrons. The number of aromatic nitrogens is 1. The van der Waals surface area contributed by atoms with Crippen molar-refractivity contribution < 1.29 is 18.3 Å². The highest BCUT2D eigenvalue weighted by molar-refractivity contribution is 5.48. The van der Waals surface area contributed by atoms with Crippen molar-refractivity contribution in [1.29, 1.82) is 0 Å². The van der Waals surface area contributed by atoms with E-state index in [-0.39, 0.29) is 25.5 Å². The highest BCUT2D eigenvalue weighted by Crippen LogP contribution is 2.23. The molecule has 0 unspecified atom stereocenters. The van der Waals surface area contributed by atoms with Crippen molar-refractivity contribution in [1.82, 2.24) is 4.98 Å². The van der Waals surface area contributed by atoms with Gasteiger partial charge in [-0.05, 0) is 13.0 Å². The molecular formula is C11H16F3N3O. The summed E-state index contributed by atoms with van der Waals surface area (Å²) in [5, 5.41) is 8.86. The van der Waals surface area contributed by atoms with E-state index < -0.39 is 12.7 Å². The van der Waals surface area contributed by atoms with E-state index in [4.69, 9.17) is 10.8 Å². The van der Waals surface area contributed by atoms with Gasteiger partial charge in [0, 0.05) is 24.3 Å². The quantitative estimate of drug-likeness (QED) is 0.838. The van der Waals surface area contributed by atoms with Crippen molar-refractivity contribution in [3.8, 4) is 0 Å². The van der Waals surface area contributed by atoms with Crippen LogP contribution < -0.4 is 10.6 Å². The first kappa shape index (κ1) is 14.7. The van der Waals surface area contributed by atoms with Crippen molar-refractivity contribution in [2.45, 2.75) is 19.6 Å². The number of hydrogen-bond acceptors (Lipinski definition) is 4. The standard InChI is InChI=1S/C11H16F3N3O/c1-8-2-3-9(6-15)10(16-8)17(4-5-18)7-11(12,13)14/h2-3,18H,4-7,15H2,1H3. The van der Waals surface area contributed by atoms with Crippen LogP contribution in [-0.4, -0.2) is 36.0 Å². The van der Waals surface area contributed by atoms with Gasteiger partial charge < -0.3 is 15.7 Å². The molecule has 3 N–H and O–H groups in total. The molecule has 1 heterocycles. The lowest BCUT2D eigenvalue weighted by Gasteiger charge is -2.26. The van der Waals surface area contributed by atoms with E-state index >= 15 is 0 Å². The monoisotopic (exact) mass is 263 g/mol. The van der Waals surface area contributed by atoms with Crippen LogP contribution in [0.3, 0.4) is 0 Å². The highest BCUT2D eigenvalue weighted by atomic mass is 19.4. The third-order valence-corrected chi connectivity index (χ3v) is 2.35. The largest absolute Gasteiger partial charge is 0.405 e. The second kappa shape index (κ2) is 6.01. The third-order valence-electron chi connectivity index (χ3n) is 2.35. The van der Waals surface area contributed by atoms with E-state index in [1.54, 1.807) is 19.1 Å². The summed E-state index contributed by atoms with van der Waals surface area (Å²) in [5.41, 5.74) is 6.62.